The van der Waals surface area contributed by atoms with Crippen LogP contribution in [0.5, 0.6) is 0 Å². The fourth-order valence-corrected chi connectivity index (χ4v) is 3.02. The zero-order valence-corrected chi connectivity index (χ0v) is 12.6. The second kappa shape index (κ2) is 6.32. The molecule has 1 saturated carbocycles. The van der Waals surface area contributed by atoms with Crippen LogP contribution in [0.3, 0.4) is 0 Å². The monoisotopic (exact) mass is 302 g/mol. The molecule has 1 fully saturated rings. The molecule has 3 rings (SSSR count). The Morgan fingerprint density at radius 3 is 2.81 bits per heavy atom. The third-order valence-electron chi connectivity index (χ3n) is 3.48. The summed E-state index contributed by atoms with van der Waals surface area (Å²) in [4.78, 5) is 23.0. The Morgan fingerprint density at radius 1 is 1.38 bits per heavy atom. The Hall–Kier alpha value is -1.79. The van der Waals surface area contributed by atoms with Crippen molar-refractivity contribution in [3.8, 4) is 0 Å². The molecule has 0 aromatic carbocycles. The Balaban J connectivity index is 1.75. The topological polar surface area (TPSA) is 72.1 Å². The molecule has 5 nitrogen and oxygen atoms in total. The summed E-state index contributed by atoms with van der Waals surface area (Å²) in [5.74, 6) is 0.0221. The quantitative estimate of drug-likeness (QED) is 0.884. The summed E-state index contributed by atoms with van der Waals surface area (Å²) in [5, 5.41) is 2.77. The number of hydrogen-bond acceptors (Lipinski definition) is 5. The number of pyridine rings is 1. The molecule has 1 aliphatic rings. The molecular formula is C15H18N4OS. The third-order valence-corrected chi connectivity index (χ3v) is 4.39. The number of carbonyl (C=O) groups excluding carboxylic acids is 1. The number of thiazole rings is 1. The van der Waals surface area contributed by atoms with Crippen LogP contribution >= 0.6 is 11.3 Å². The summed E-state index contributed by atoms with van der Waals surface area (Å²) in [6.07, 6.45) is 6.40. The van der Waals surface area contributed by atoms with E-state index in [0.717, 1.165) is 29.8 Å². The van der Waals surface area contributed by atoms with E-state index in [1.165, 1.54) is 11.3 Å². The zero-order chi connectivity index (χ0) is 14.7. The molecule has 0 aliphatic heterocycles. The zero-order valence-electron chi connectivity index (χ0n) is 11.7. The van der Waals surface area contributed by atoms with Gasteiger partial charge in [-0.1, -0.05) is 0 Å². The van der Waals surface area contributed by atoms with Crippen LogP contribution < -0.4 is 5.73 Å². The van der Waals surface area contributed by atoms with E-state index in [0.29, 0.717) is 24.8 Å². The van der Waals surface area contributed by atoms with Gasteiger partial charge >= 0.3 is 0 Å². The predicted molar refractivity (Wildman–Crippen MR) is 82.0 cm³/mol. The maximum atomic E-state index is 12.7. The molecular weight excluding hydrogens is 284 g/mol. The number of carbonyl (C=O) groups is 1. The lowest BCUT2D eigenvalue weighted by atomic mass is 10.2. The number of aromatic nitrogens is 2. The fourth-order valence-electron chi connectivity index (χ4n) is 2.23. The highest BCUT2D eigenvalue weighted by atomic mass is 32.1. The molecule has 2 aromatic heterocycles. The van der Waals surface area contributed by atoms with Gasteiger partial charge in [0.2, 0.25) is 0 Å². The van der Waals surface area contributed by atoms with E-state index in [4.69, 9.17) is 5.73 Å². The van der Waals surface area contributed by atoms with Gasteiger partial charge in [0.25, 0.3) is 5.91 Å². The van der Waals surface area contributed by atoms with Crippen LogP contribution in [0.15, 0.2) is 29.9 Å². The van der Waals surface area contributed by atoms with Gasteiger partial charge in [-0.15, -0.1) is 11.3 Å². The van der Waals surface area contributed by atoms with Crippen molar-refractivity contribution in [1.82, 2.24) is 14.9 Å². The summed E-state index contributed by atoms with van der Waals surface area (Å²) in [6, 6.07) is 4.25. The van der Waals surface area contributed by atoms with Gasteiger partial charge in [0.1, 0.15) is 5.69 Å². The molecule has 0 atom stereocenters. The molecule has 6 heteroatoms. The maximum Gasteiger partial charge on any atom is 0.273 e. The largest absolute Gasteiger partial charge is 0.330 e. The second-order valence-corrected chi connectivity index (χ2v) is 6.13. The minimum atomic E-state index is 0.0221. The average Bonchev–Trinajstić information content (AvgIpc) is 3.25. The first kappa shape index (κ1) is 14.2. The number of hydrogen-bond donors (Lipinski definition) is 1. The van der Waals surface area contributed by atoms with Crippen LogP contribution in [-0.2, 0) is 13.0 Å². The van der Waals surface area contributed by atoms with E-state index < -0.39 is 0 Å². The molecule has 2 aromatic rings. The van der Waals surface area contributed by atoms with E-state index in [1.54, 1.807) is 12.4 Å². The summed E-state index contributed by atoms with van der Waals surface area (Å²) in [7, 11) is 0. The SMILES string of the molecule is NCCc1nc(C(=O)N(Cc2ccncc2)C2CC2)cs1. The molecule has 1 aliphatic carbocycles. The van der Waals surface area contributed by atoms with E-state index in [2.05, 4.69) is 9.97 Å². The van der Waals surface area contributed by atoms with E-state index in [9.17, 15) is 4.79 Å². The van der Waals surface area contributed by atoms with Gasteiger partial charge in [-0.05, 0) is 37.1 Å². The van der Waals surface area contributed by atoms with Gasteiger partial charge in [-0.3, -0.25) is 9.78 Å². The second-order valence-electron chi connectivity index (χ2n) is 5.18. The molecule has 0 saturated heterocycles. The normalized spacial score (nSPS) is 14.1. The standard InChI is InChI=1S/C15H18N4OS/c16-6-3-14-18-13(10-21-14)15(20)19(12-1-2-12)9-11-4-7-17-8-5-11/h4-5,7-8,10,12H,1-3,6,9,16H2. The maximum absolute atomic E-state index is 12.7. The highest BCUT2D eigenvalue weighted by molar-refractivity contribution is 7.09. The van der Waals surface area contributed by atoms with Crippen LogP contribution in [0, 0.1) is 0 Å². The lowest BCUT2D eigenvalue weighted by Crippen LogP contribution is -2.32. The molecule has 2 N–H and O–H groups in total. The van der Waals surface area contributed by atoms with Crippen molar-refractivity contribution in [2.75, 3.05) is 6.54 Å². The van der Waals surface area contributed by atoms with Gasteiger partial charge < -0.3 is 10.6 Å². The van der Waals surface area contributed by atoms with Gasteiger partial charge in [0, 0.05) is 36.8 Å². The third kappa shape index (κ3) is 3.46. The molecule has 1 amide bonds. The summed E-state index contributed by atoms with van der Waals surface area (Å²) in [5.41, 5.74) is 7.18. The molecule has 110 valence electrons. The van der Waals surface area contributed by atoms with E-state index in [-0.39, 0.29) is 5.91 Å². The molecule has 0 unspecified atom stereocenters. The lowest BCUT2D eigenvalue weighted by Gasteiger charge is -2.21. The van der Waals surface area contributed by atoms with Crippen LogP contribution in [0.2, 0.25) is 0 Å². The number of nitrogens with zero attached hydrogens (tertiary/aromatic N) is 3. The summed E-state index contributed by atoms with van der Waals surface area (Å²) in [6.45, 7) is 1.18. The Labute approximate surface area is 127 Å². The number of rotatable bonds is 6. The molecule has 2 heterocycles. The fraction of sp³-hybridized carbons (Fsp3) is 0.400. The molecule has 0 spiro atoms. The molecule has 0 bridgehead atoms. The van der Waals surface area contributed by atoms with Crippen molar-refractivity contribution < 1.29 is 4.79 Å². The first-order valence-electron chi connectivity index (χ1n) is 7.12. The highest BCUT2D eigenvalue weighted by Crippen LogP contribution is 2.30. The molecule has 0 radical (unpaired) electrons. The van der Waals surface area contributed by atoms with Crippen molar-refractivity contribution in [2.45, 2.75) is 31.8 Å². The highest BCUT2D eigenvalue weighted by Gasteiger charge is 2.33. The van der Waals surface area contributed by atoms with Crippen molar-refractivity contribution in [1.29, 1.82) is 0 Å². The van der Waals surface area contributed by atoms with Crippen LogP contribution in [0.4, 0.5) is 0 Å². The smallest absolute Gasteiger partial charge is 0.273 e. The van der Waals surface area contributed by atoms with Gasteiger partial charge in [0.15, 0.2) is 0 Å². The Kier molecular flexibility index (Phi) is 4.26. The van der Waals surface area contributed by atoms with Crippen LogP contribution in [0.25, 0.3) is 0 Å². The van der Waals surface area contributed by atoms with Crippen molar-refractivity contribution in [3.05, 3.63) is 46.2 Å². The minimum Gasteiger partial charge on any atom is -0.330 e. The van der Waals surface area contributed by atoms with E-state index in [1.807, 2.05) is 22.4 Å². The Morgan fingerprint density at radius 2 is 2.14 bits per heavy atom. The van der Waals surface area contributed by atoms with Crippen molar-refractivity contribution in [3.63, 3.8) is 0 Å². The first-order valence-corrected chi connectivity index (χ1v) is 8.00. The van der Waals surface area contributed by atoms with Gasteiger partial charge in [-0.2, -0.15) is 0 Å². The number of amides is 1. The van der Waals surface area contributed by atoms with Crippen LogP contribution in [-0.4, -0.2) is 33.4 Å². The van der Waals surface area contributed by atoms with E-state index >= 15 is 0 Å². The summed E-state index contributed by atoms with van der Waals surface area (Å²) < 4.78 is 0. The average molecular weight is 302 g/mol. The van der Waals surface area contributed by atoms with Crippen molar-refractivity contribution >= 4 is 17.2 Å². The van der Waals surface area contributed by atoms with Gasteiger partial charge in [0.05, 0.1) is 5.01 Å². The summed E-state index contributed by atoms with van der Waals surface area (Å²) >= 11 is 1.51. The minimum absolute atomic E-state index is 0.0221. The Bertz CT molecular complexity index is 609. The van der Waals surface area contributed by atoms with Crippen molar-refractivity contribution in [2.24, 2.45) is 5.73 Å². The predicted octanol–water partition coefficient (Wildman–Crippen LogP) is 1.84. The number of nitrogens with two attached hydrogens (primary N) is 1. The lowest BCUT2D eigenvalue weighted by molar-refractivity contribution is 0.0724. The molecule has 21 heavy (non-hydrogen) atoms. The first-order chi connectivity index (χ1) is 10.3. The van der Waals surface area contributed by atoms with Gasteiger partial charge in [-0.25, -0.2) is 4.98 Å². The van der Waals surface area contributed by atoms with Crippen LogP contribution in [0.1, 0.15) is 33.9 Å².